The van der Waals surface area contributed by atoms with Gasteiger partial charge in [-0.25, -0.2) is 4.79 Å². The highest BCUT2D eigenvalue weighted by Gasteiger charge is 2.42. The predicted molar refractivity (Wildman–Crippen MR) is 154 cm³/mol. The zero-order chi connectivity index (χ0) is 27.5. The second-order valence-electron chi connectivity index (χ2n) is 8.70. The van der Waals surface area contributed by atoms with Gasteiger partial charge in [-0.15, -0.1) is 0 Å². The van der Waals surface area contributed by atoms with E-state index in [1.54, 1.807) is 55.5 Å². The molecule has 196 valence electrons. The maximum absolute atomic E-state index is 13.6. The first-order valence-electron chi connectivity index (χ1n) is 12.2. The van der Waals surface area contributed by atoms with Gasteiger partial charge in [0.1, 0.15) is 10.9 Å². The minimum absolute atomic E-state index is 0.241. The second-order valence-corrected chi connectivity index (χ2v) is 10.3. The largest absolute Gasteiger partial charge is 0.462 e. The summed E-state index contributed by atoms with van der Waals surface area (Å²) < 4.78 is 5.35. The summed E-state index contributed by atoms with van der Waals surface area (Å²) in [6, 6.07) is 22.8. The Hall–Kier alpha value is -4.28. The number of esters is 1. The molecule has 0 radical (unpaired) electrons. The van der Waals surface area contributed by atoms with Crippen molar-refractivity contribution >= 4 is 68.9 Å². The van der Waals surface area contributed by atoms with E-state index < -0.39 is 17.8 Å². The number of amides is 3. The molecule has 0 aromatic heterocycles. The number of para-hydroxylation sites is 1. The smallest absolute Gasteiger partial charge is 0.338 e. The number of thiocarbonyl (C=S) groups is 1. The van der Waals surface area contributed by atoms with Crippen molar-refractivity contribution in [1.29, 1.82) is 0 Å². The van der Waals surface area contributed by atoms with Crippen LogP contribution in [-0.2, 0) is 25.7 Å². The minimum Gasteiger partial charge on any atom is -0.462 e. The number of ether oxygens (including phenoxy) is 1. The molecule has 2 aliphatic heterocycles. The predicted octanol–water partition coefficient (Wildman–Crippen LogP) is 4.62. The summed E-state index contributed by atoms with van der Waals surface area (Å²) in [5.74, 6) is -1.65. The van der Waals surface area contributed by atoms with Crippen LogP contribution in [0.15, 0.2) is 83.8 Å². The maximum atomic E-state index is 13.6. The van der Waals surface area contributed by atoms with Crippen molar-refractivity contribution in [3.05, 3.63) is 100 Å². The van der Waals surface area contributed by atoms with Crippen molar-refractivity contribution in [2.75, 3.05) is 23.4 Å². The Kier molecular flexibility index (Phi) is 7.58. The number of rotatable bonds is 7. The molecule has 3 aromatic carbocycles. The Bertz CT molecular complexity index is 1520. The summed E-state index contributed by atoms with van der Waals surface area (Å²) in [5, 5.41) is 2.75. The summed E-state index contributed by atoms with van der Waals surface area (Å²) in [6.07, 6.45) is 0. The van der Waals surface area contributed by atoms with Crippen LogP contribution in [0.2, 0.25) is 0 Å². The fourth-order valence-corrected chi connectivity index (χ4v) is 5.68. The Morgan fingerprint density at radius 1 is 0.897 bits per heavy atom. The van der Waals surface area contributed by atoms with Crippen LogP contribution in [0.5, 0.6) is 0 Å². The van der Waals surface area contributed by atoms with E-state index >= 15 is 0 Å². The van der Waals surface area contributed by atoms with E-state index in [2.05, 4.69) is 5.32 Å². The molecule has 1 fully saturated rings. The number of carbonyl (C=O) groups excluding carboxylic acids is 4. The molecule has 2 aliphatic rings. The number of nitrogens with zero attached hydrogens (tertiary/aromatic N) is 2. The van der Waals surface area contributed by atoms with Gasteiger partial charge < -0.3 is 10.1 Å². The van der Waals surface area contributed by atoms with Crippen LogP contribution in [0.4, 0.5) is 11.4 Å². The number of anilines is 2. The Balaban J connectivity index is 1.36. The van der Waals surface area contributed by atoms with Gasteiger partial charge in [0.2, 0.25) is 5.91 Å². The average Bonchev–Trinajstić information content (AvgIpc) is 3.36. The van der Waals surface area contributed by atoms with Crippen molar-refractivity contribution in [2.45, 2.75) is 13.5 Å². The lowest BCUT2D eigenvalue weighted by atomic mass is 10.1. The number of thioether (sulfide) groups is 1. The van der Waals surface area contributed by atoms with E-state index in [9.17, 15) is 19.2 Å². The number of hydrogen-bond acceptors (Lipinski definition) is 7. The molecule has 5 rings (SSSR count). The zero-order valence-electron chi connectivity index (χ0n) is 20.9. The third-order valence-corrected chi connectivity index (χ3v) is 7.61. The number of fused-ring (bicyclic) bond motifs is 1. The van der Waals surface area contributed by atoms with E-state index in [-0.39, 0.29) is 29.5 Å². The van der Waals surface area contributed by atoms with Gasteiger partial charge in [0, 0.05) is 11.3 Å². The molecular formula is C29H23N3O5S2. The lowest BCUT2D eigenvalue weighted by Gasteiger charge is -2.17. The van der Waals surface area contributed by atoms with Crippen molar-refractivity contribution in [1.82, 2.24) is 4.90 Å². The van der Waals surface area contributed by atoms with E-state index in [1.165, 1.54) is 9.80 Å². The van der Waals surface area contributed by atoms with Gasteiger partial charge in [-0.2, -0.15) is 0 Å². The first kappa shape index (κ1) is 26.3. The molecule has 1 saturated heterocycles. The van der Waals surface area contributed by atoms with Gasteiger partial charge in [0.25, 0.3) is 11.8 Å². The van der Waals surface area contributed by atoms with Crippen LogP contribution in [0.3, 0.4) is 0 Å². The Morgan fingerprint density at radius 2 is 1.59 bits per heavy atom. The zero-order valence-corrected chi connectivity index (χ0v) is 22.5. The monoisotopic (exact) mass is 557 g/mol. The van der Waals surface area contributed by atoms with Crippen molar-refractivity contribution in [3.8, 4) is 0 Å². The highest BCUT2D eigenvalue weighted by atomic mass is 32.2. The molecule has 0 aliphatic carbocycles. The summed E-state index contributed by atoms with van der Waals surface area (Å²) in [4.78, 5) is 55.0. The quantitative estimate of drug-likeness (QED) is 0.257. The fourth-order valence-electron chi connectivity index (χ4n) is 4.36. The van der Waals surface area contributed by atoms with Crippen LogP contribution < -0.4 is 10.2 Å². The molecule has 1 N–H and O–H groups in total. The van der Waals surface area contributed by atoms with Gasteiger partial charge in [0.05, 0.1) is 34.9 Å². The van der Waals surface area contributed by atoms with Gasteiger partial charge in [0.15, 0.2) is 0 Å². The van der Waals surface area contributed by atoms with Gasteiger partial charge >= 0.3 is 5.97 Å². The Labute approximate surface area is 234 Å². The van der Waals surface area contributed by atoms with Crippen LogP contribution in [0.1, 0.15) is 28.4 Å². The molecule has 3 amide bonds. The first-order chi connectivity index (χ1) is 18.9. The first-order valence-corrected chi connectivity index (χ1v) is 13.4. The standard InChI is InChI=1S/C29H23N3O5S2/c1-2-37-28(36)19-12-14-20(15-13-19)30-23(33)17-31-22-11-7-6-10-21(22)24(26(31)34)25-27(35)32(29(38)39-25)16-18-8-4-3-5-9-18/h3-15H,2,16-17H2,1H3,(H,30,33)/b25-24-. The van der Waals surface area contributed by atoms with Gasteiger partial charge in [-0.1, -0.05) is 72.5 Å². The second kappa shape index (κ2) is 11.2. The molecule has 3 aromatic rings. The normalized spacial score (nSPS) is 16.5. The maximum Gasteiger partial charge on any atom is 0.338 e. The third kappa shape index (κ3) is 5.34. The molecule has 10 heteroatoms. The van der Waals surface area contributed by atoms with Crippen molar-refractivity contribution in [2.24, 2.45) is 0 Å². The molecule has 2 heterocycles. The Morgan fingerprint density at radius 3 is 2.31 bits per heavy atom. The molecule has 0 bridgehead atoms. The minimum atomic E-state index is -0.448. The molecule has 39 heavy (non-hydrogen) atoms. The third-order valence-electron chi connectivity index (χ3n) is 6.16. The van der Waals surface area contributed by atoms with Crippen molar-refractivity contribution in [3.63, 3.8) is 0 Å². The van der Waals surface area contributed by atoms with E-state index in [1.807, 2.05) is 30.3 Å². The van der Waals surface area contributed by atoms with E-state index in [0.717, 1.165) is 17.3 Å². The van der Waals surface area contributed by atoms with E-state index in [4.69, 9.17) is 17.0 Å². The highest BCUT2D eigenvalue weighted by molar-refractivity contribution is 8.26. The molecular weight excluding hydrogens is 534 g/mol. The SMILES string of the molecule is CCOC(=O)c1ccc(NC(=O)CN2C(=O)/C(=C3\SC(=S)N(Cc4ccccc4)C3=O)c3ccccc32)cc1. The summed E-state index contributed by atoms with van der Waals surface area (Å²) in [5.41, 5.74) is 3.12. The lowest BCUT2D eigenvalue weighted by molar-refractivity contribution is -0.122. The number of carbonyl (C=O) groups is 4. The fraction of sp³-hybridized carbons (Fsp3) is 0.138. The topological polar surface area (TPSA) is 96.0 Å². The van der Waals surface area contributed by atoms with Crippen LogP contribution >= 0.6 is 24.0 Å². The number of nitrogens with one attached hydrogen (secondary N) is 1. The summed E-state index contributed by atoms with van der Waals surface area (Å²) in [7, 11) is 0. The number of benzene rings is 3. The molecule has 0 unspecified atom stereocenters. The summed E-state index contributed by atoms with van der Waals surface area (Å²) in [6.45, 7) is 2.03. The van der Waals surface area contributed by atoms with Crippen LogP contribution in [-0.4, -0.2) is 46.1 Å². The summed E-state index contributed by atoms with van der Waals surface area (Å²) >= 11 is 6.59. The van der Waals surface area contributed by atoms with Crippen LogP contribution in [0.25, 0.3) is 5.57 Å². The van der Waals surface area contributed by atoms with Crippen LogP contribution in [0, 0.1) is 0 Å². The molecule has 0 spiro atoms. The van der Waals surface area contributed by atoms with Crippen molar-refractivity contribution < 1.29 is 23.9 Å². The average molecular weight is 558 g/mol. The molecule has 0 atom stereocenters. The lowest BCUT2D eigenvalue weighted by Crippen LogP contribution is -2.35. The van der Waals surface area contributed by atoms with Gasteiger partial charge in [-0.3, -0.25) is 24.2 Å². The molecule has 0 saturated carbocycles. The number of hydrogen-bond donors (Lipinski definition) is 1. The molecule has 8 nitrogen and oxygen atoms in total. The highest BCUT2D eigenvalue weighted by Crippen LogP contribution is 2.44. The van der Waals surface area contributed by atoms with Gasteiger partial charge in [-0.05, 0) is 42.8 Å². The van der Waals surface area contributed by atoms with E-state index in [0.29, 0.717) is 33.4 Å².